The Bertz CT molecular complexity index is 387. The highest BCUT2D eigenvalue weighted by molar-refractivity contribution is 6.06. The number of carbonyl (C=O) groups excluding carboxylic acids is 1. The summed E-state index contributed by atoms with van der Waals surface area (Å²) in [5, 5.41) is 10.00. The summed E-state index contributed by atoms with van der Waals surface area (Å²) in [6.07, 6.45) is 3.19. The van der Waals surface area contributed by atoms with Crippen LogP contribution in [0.25, 0.3) is 0 Å². The molecule has 1 aromatic rings. The van der Waals surface area contributed by atoms with Gasteiger partial charge in [0.25, 0.3) is 5.91 Å². The molecule has 0 bridgehead atoms. The van der Waals surface area contributed by atoms with E-state index in [2.05, 4.69) is 4.98 Å². The van der Waals surface area contributed by atoms with E-state index in [0.717, 1.165) is 0 Å². The van der Waals surface area contributed by atoms with Gasteiger partial charge in [-0.3, -0.25) is 9.78 Å². The van der Waals surface area contributed by atoms with Crippen LogP contribution in [0.5, 0.6) is 0 Å². The lowest BCUT2D eigenvalue weighted by atomic mass is 9.99. The second-order valence-corrected chi connectivity index (χ2v) is 3.51. The average Bonchev–Trinajstić information content (AvgIpc) is 2.37. The minimum atomic E-state index is -1.39. The second-order valence-electron chi connectivity index (χ2n) is 3.51. The van der Waals surface area contributed by atoms with Crippen LogP contribution in [0.3, 0.4) is 0 Å². The summed E-state index contributed by atoms with van der Waals surface area (Å²) in [5.41, 5.74) is -0.0433. The molecule has 1 aliphatic rings. The highest BCUT2D eigenvalue weighted by Gasteiger charge is 2.45. The van der Waals surface area contributed by atoms with E-state index in [1.54, 1.807) is 23.4 Å². The van der Waals surface area contributed by atoms with E-state index in [4.69, 9.17) is 0 Å². The second kappa shape index (κ2) is 2.78. The molecule has 4 heteroatoms. The Morgan fingerprint density at radius 1 is 1.64 bits per heavy atom. The topological polar surface area (TPSA) is 53.4 Å². The summed E-state index contributed by atoms with van der Waals surface area (Å²) in [7, 11) is 0. The van der Waals surface area contributed by atoms with Gasteiger partial charge in [-0.05, 0) is 19.9 Å². The maximum Gasteiger partial charge on any atom is 0.263 e. The van der Waals surface area contributed by atoms with E-state index in [1.807, 2.05) is 6.92 Å². The molecule has 0 aliphatic carbocycles. The molecule has 0 saturated heterocycles. The normalized spacial score (nSPS) is 25.4. The Kier molecular flexibility index (Phi) is 1.82. The first-order chi connectivity index (χ1) is 6.59. The number of hydrogen-bond acceptors (Lipinski definition) is 3. The van der Waals surface area contributed by atoms with Gasteiger partial charge in [-0.1, -0.05) is 0 Å². The molecule has 14 heavy (non-hydrogen) atoms. The average molecular weight is 192 g/mol. The van der Waals surface area contributed by atoms with Crippen LogP contribution in [0, 0.1) is 0 Å². The Morgan fingerprint density at radius 3 is 3.00 bits per heavy atom. The van der Waals surface area contributed by atoms with Gasteiger partial charge >= 0.3 is 0 Å². The number of carbonyl (C=O) groups is 1. The first-order valence-corrected chi connectivity index (χ1v) is 4.58. The van der Waals surface area contributed by atoms with Crippen molar-refractivity contribution in [2.45, 2.75) is 19.4 Å². The van der Waals surface area contributed by atoms with Crippen molar-refractivity contribution in [2.75, 3.05) is 11.4 Å². The molecule has 0 saturated carbocycles. The summed E-state index contributed by atoms with van der Waals surface area (Å²) >= 11 is 0. The molecule has 0 fully saturated rings. The van der Waals surface area contributed by atoms with Crippen LogP contribution in [0.4, 0.5) is 5.69 Å². The van der Waals surface area contributed by atoms with Crippen molar-refractivity contribution in [1.82, 2.24) is 4.98 Å². The monoisotopic (exact) mass is 192 g/mol. The van der Waals surface area contributed by atoms with E-state index in [9.17, 15) is 9.90 Å². The third-order valence-electron chi connectivity index (χ3n) is 2.59. The van der Waals surface area contributed by atoms with Gasteiger partial charge in [-0.15, -0.1) is 0 Å². The van der Waals surface area contributed by atoms with Crippen molar-refractivity contribution in [2.24, 2.45) is 0 Å². The van der Waals surface area contributed by atoms with Gasteiger partial charge in [0, 0.05) is 18.3 Å². The van der Waals surface area contributed by atoms with Gasteiger partial charge in [-0.25, -0.2) is 0 Å². The van der Waals surface area contributed by atoms with Crippen molar-refractivity contribution in [3.8, 4) is 0 Å². The zero-order valence-corrected chi connectivity index (χ0v) is 8.19. The van der Waals surface area contributed by atoms with Crippen LogP contribution in [0.2, 0.25) is 0 Å². The smallest absolute Gasteiger partial charge is 0.263 e. The molecule has 2 heterocycles. The van der Waals surface area contributed by atoms with Crippen LogP contribution in [-0.4, -0.2) is 22.5 Å². The molecule has 0 spiro atoms. The zero-order valence-electron chi connectivity index (χ0n) is 8.19. The minimum Gasteiger partial charge on any atom is -0.375 e. The molecule has 1 aromatic heterocycles. The Hall–Kier alpha value is -1.42. The summed E-state index contributed by atoms with van der Waals surface area (Å²) < 4.78 is 0. The zero-order chi connectivity index (χ0) is 10.3. The highest BCUT2D eigenvalue weighted by Crippen LogP contribution is 2.38. The standard InChI is InChI=1S/C10H12N2O2/c1-3-12-8-6-11-5-4-7(8)10(2,14)9(12)13/h4-6,14H,3H2,1-2H3. The SMILES string of the molecule is CCN1C(=O)C(C)(O)c2ccncc21. The van der Waals surface area contributed by atoms with Crippen LogP contribution < -0.4 is 4.90 Å². The van der Waals surface area contributed by atoms with E-state index in [1.165, 1.54) is 6.92 Å². The third kappa shape index (κ3) is 0.974. The molecule has 2 rings (SSSR count). The number of anilines is 1. The molecule has 1 N–H and O–H groups in total. The number of pyridine rings is 1. The van der Waals surface area contributed by atoms with Crippen molar-refractivity contribution in [3.63, 3.8) is 0 Å². The Morgan fingerprint density at radius 2 is 2.36 bits per heavy atom. The first-order valence-electron chi connectivity index (χ1n) is 4.58. The predicted octanol–water partition coefficient (Wildman–Crippen LogP) is 0.656. The molecule has 1 aliphatic heterocycles. The van der Waals surface area contributed by atoms with E-state index in [0.29, 0.717) is 17.8 Å². The van der Waals surface area contributed by atoms with Gasteiger partial charge in [0.05, 0.1) is 11.9 Å². The lowest BCUT2D eigenvalue weighted by Crippen LogP contribution is -2.37. The van der Waals surface area contributed by atoms with Crippen LogP contribution >= 0.6 is 0 Å². The highest BCUT2D eigenvalue weighted by atomic mass is 16.3. The number of rotatable bonds is 1. The summed E-state index contributed by atoms with van der Waals surface area (Å²) in [6.45, 7) is 3.94. The van der Waals surface area contributed by atoms with Gasteiger partial charge in [0.15, 0.2) is 5.60 Å². The molecule has 1 unspecified atom stereocenters. The summed E-state index contributed by atoms with van der Waals surface area (Å²) in [4.78, 5) is 17.3. The van der Waals surface area contributed by atoms with Crippen molar-refractivity contribution < 1.29 is 9.90 Å². The predicted molar refractivity (Wildman–Crippen MR) is 51.8 cm³/mol. The number of aromatic nitrogens is 1. The Labute approximate surface area is 82.2 Å². The van der Waals surface area contributed by atoms with Crippen molar-refractivity contribution >= 4 is 11.6 Å². The van der Waals surface area contributed by atoms with Crippen molar-refractivity contribution in [1.29, 1.82) is 0 Å². The lowest BCUT2D eigenvalue weighted by Gasteiger charge is -2.17. The fourth-order valence-corrected chi connectivity index (χ4v) is 1.81. The third-order valence-corrected chi connectivity index (χ3v) is 2.59. The van der Waals surface area contributed by atoms with Crippen LogP contribution in [0.15, 0.2) is 18.5 Å². The molecule has 4 nitrogen and oxygen atoms in total. The van der Waals surface area contributed by atoms with Crippen molar-refractivity contribution in [3.05, 3.63) is 24.0 Å². The molecule has 1 atom stereocenters. The molecular formula is C10H12N2O2. The number of fused-ring (bicyclic) bond motifs is 1. The molecule has 0 radical (unpaired) electrons. The quantitative estimate of drug-likeness (QED) is 0.711. The fraction of sp³-hybridized carbons (Fsp3) is 0.400. The number of amides is 1. The minimum absolute atomic E-state index is 0.275. The first kappa shape index (κ1) is 9.15. The lowest BCUT2D eigenvalue weighted by molar-refractivity contribution is -0.134. The van der Waals surface area contributed by atoms with Crippen LogP contribution in [-0.2, 0) is 10.4 Å². The maximum absolute atomic E-state index is 11.8. The number of nitrogens with zero attached hydrogens (tertiary/aromatic N) is 2. The molecule has 0 aromatic carbocycles. The van der Waals surface area contributed by atoms with Gasteiger partial charge < -0.3 is 10.0 Å². The van der Waals surface area contributed by atoms with Crippen LogP contribution in [0.1, 0.15) is 19.4 Å². The fourth-order valence-electron chi connectivity index (χ4n) is 1.81. The summed E-state index contributed by atoms with van der Waals surface area (Å²) in [6, 6.07) is 1.68. The van der Waals surface area contributed by atoms with Gasteiger partial charge in [0.1, 0.15) is 0 Å². The summed E-state index contributed by atoms with van der Waals surface area (Å²) in [5.74, 6) is -0.275. The van der Waals surface area contributed by atoms with E-state index < -0.39 is 5.60 Å². The Balaban J connectivity index is 2.62. The maximum atomic E-state index is 11.8. The largest absolute Gasteiger partial charge is 0.375 e. The number of aliphatic hydroxyl groups is 1. The van der Waals surface area contributed by atoms with E-state index >= 15 is 0 Å². The molecular weight excluding hydrogens is 180 g/mol. The van der Waals surface area contributed by atoms with Gasteiger partial charge in [-0.2, -0.15) is 0 Å². The number of likely N-dealkylation sites (N-methyl/N-ethyl adjacent to an activating group) is 1. The van der Waals surface area contributed by atoms with Gasteiger partial charge in [0.2, 0.25) is 0 Å². The molecule has 74 valence electrons. The van der Waals surface area contributed by atoms with E-state index in [-0.39, 0.29) is 5.91 Å². The number of hydrogen-bond donors (Lipinski definition) is 1. The molecule has 1 amide bonds.